The van der Waals surface area contributed by atoms with E-state index >= 15 is 0 Å². The Morgan fingerprint density at radius 3 is 1.19 bits per heavy atom. The van der Waals surface area contributed by atoms with Crippen molar-refractivity contribution in [3.63, 3.8) is 0 Å². The van der Waals surface area contributed by atoms with Gasteiger partial charge in [-0.05, 0) is 89.9 Å². The second-order valence-corrected chi connectivity index (χ2v) is 17.4. The van der Waals surface area contributed by atoms with Gasteiger partial charge in [-0.1, -0.05) is 222 Å². The van der Waals surface area contributed by atoms with E-state index in [0.29, 0.717) is 19.4 Å². The normalized spacial score (nSPS) is 12.8. The summed E-state index contributed by atoms with van der Waals surface area (Å²) < 4.78 is 17.4. The van der Waals surface area contributed by atoms with Crippen LogP contribution >= 0.6 is 0 Å². The van der Waals surface area contributed by atoms with Gasteiger partial charge in [0.2, 0.25) is 0 Å². The molecule has 5 nitrogen and oxygen atoms in total. The number of carbonyl (C=O) groups excluding carboxylic acids is 2. The lowest BCUT2D eigenvalue weighted by Crippen LogP contribution is -2.30. The van der Waals surface area contributed by atoms with Crippen LogP contribution < -0.4 is 0 Å². The molecule has 0 heterocycles. The molecule has 0 aromatic rings. The first kappa shape index (κ1) is 59.3. The zero-order valence-corrected chi connectivity index (χ0v) is 41.1. The summed E-state index contributed by atoms with van der Waals surface area (Å²) in [5.41, 5.74) is 0. The number of rotatable bonds is 48. The molecule has 0 rings (SSSR count). The minimum absolute atomic E-state index is 0.0728. The summed E-state index contributed by atoms with van der Waals surface area (Å²) in [6, 6.07) is 0. The third-order valence-electron chi connectivity index (χ3n) is 11.2. The van der Waals surface area contributed by atoms with Crippen LogP contribution in [0.3, 0.4) is 0 Å². The molecule has 0 bridgehead atoms. The summed E-state index contributed by atoms with van der Waals surface area (Å²) in [6.45, 7) is 7.66. The highest BCUT2D eigenvalue weighted by Crippen LogP contribution is 2.14. The summed E-state index contributed by atoms with van der Waals surface area (Å²) >= 11 is 0. The van der Waals surface area contributed by atoms with Crippen molar-refractivity contribution in [2.24, 2.45) is 0 Å². The quantitative estimate of drug-likeness (QED) is 0.0346. The molecule has 0 aliphatic heterocycles. The molecule has 0 radical (unpaired) electrons. The van der Waals surface area contributed by atoms with Gasteiger partial charge in [0.15, 0.2) is 6.10 Å². The maximum Gasteiger partial charge on any atom is 0.306 e. The number of allylic oxidation sites excluding steroid dienone is 12. The van der Waals surface area contributed by atoms with Gasteiger partial charge in [0, 0.05) is 19.4 Å². The van der Waals surface area contributed by atoms with Gasteiger partial charge in [0.25, 0.3) is 0 Å². The van der Waals surface area contributed by atoms with Crippen molar-refractivity contribution in [2.75, 3.05) is 19.8 Å². The van der Waals surface area contributed by atoms with Gasteiger partial charge in [-0.15, -0.1) is 0 Å². The molecule has 5 heteroatoms. The van der Waals surface area contributed by atoms with Gasteiger partial charge in [0.1, 0.15) is 6.61 Å². The topological polar surface area (TPSA) is 61.8 Å². The van der Waals surface area contributed by atoms with Crippen LogP contribution in [0.25, 0.3) is 0 Å². The summed E-state index contributed by atoms with van der Waals surface area (Å²) in [5, 5.41) is 0. The van der Waals surface area contributed by atoms with Gasteiger partial charge in [-0.2, -0.15) is 0 Å². The fourth-order valence-corrected chi connectivity index (χ4v) is 7.30. The number of unbranched alkanes of at least 4 members (excludes halogenated alkanes) is 25. The monoisotopic (exact) mass is 865 g/mol. The van der Waals surface area contributed by atoms with Gasteiger partial charge in [0.05, 0.1) is 6.61 Å². The van der Waals surface area contributed by atoms with E-state index in [1.807, 2.05) is 0 Å². The smallest absolute Gasteiger partial charge is 0.306 e. The van der Waals surface area contributed by atoms with Gasteiger partial charge < -0.3 is 14.2 Å². The summed E-state index contributed by atoms with van der Waals surface area (Å²) in [5.74, 6) is -0.415. The molecule has 62 heavy (non-hydrogen) atoms. The molecule has 0 spiro atoms. The molecule has 0 fully saturated rings. The largest absolute Gasteiger partial charge is 0.462 e. The Balaban J connectivity index is 4.27. The van der Waals surface area contributed by atoms with E-state index < -0.39 is 6.10 Å². The highest BCUT2D eigenvalue weighted by atomic mass is 16.6. The molecule has 0 saturated heterocycles. The molecule has 0 aromatic carbocycles. The van der Waals surface area contributed by atoms with Crippen molar-refractivity contribution >= 4 is 11.9 Å². The molecule has 0 N–H and O–H groups in total. The van der Waals surface area contributed by atoms with Crippen molar-refractivity contribution in [1.82, 2.24) is 0 Å². The number of hydrogen-bond donors (Lipinski definition) is 0. The minimum atomic E-state index is -0.548. The van der Waals surface area contributed by atoms with E-state index in [-0.39, 0.29) is 25.2 Å². The van der Waals surface area contributed by atoms with E-state index in [0.717, 1.165) is 89.9 Å². The first-order valence-corrected chi connectivity index (χ1v) is 26.5. The van der Waals surface area contributed by atoms with Crippen molar-refractivity contribution in [3.8, 4) is 0 Å². The molecule has 0 saturated carbocycles. The molecular weight excluding hydrogens is 765 g/mol. The average Bonchev–Trinajstić information content (AvgIpc) is 3.27. The van der Waals surface area contributed by atoms with Crippen molar-refractivity contribution in [3.05, 3.63) is 72.9 Å². The van der Waals surface area contributed by atoms with E-state index in [2.05, 4.69) is 93.7 Å². The van der Waals surface area contributed by atoms with E-state index in [1.165, 1.54) is 128 Å². The van der Waals surface area contributed by atoms with Crippen LogP contribution in [0.1, 0.15) is 252 Å². The van der Waals surface area contributed by atoms with Crippen LogP contribution in [0, 0.1) is 0 Å². The highest BCUT2D eigenvalue weighted by Gasteiger charge is 2.17. The lowest BCUT2D eigenvalue weighted by Gasteiger charge is -2.18. The lowest BCUT2D eigenvalue weighted by atomic mass is 10.1. The van der Waals surface area contributed by atoms with Crippen molar-refractivity contribution in [2.45, 2.75) is 258 Å². The third-order valence-corrected chi connectivity index (χ3v) is 11.2. The second kappa shape index (κ2) is 52.7. The molecule has 0 aromatic heterocycles. The fraction of sp³-hybridized carbons (Fsp3) is 0.754. The summed E-state index contributed by atoms with van der Waals surface area (Å²) in [7, 11) is 0. The van der Waals surface area contributed by atoms with Crippen LogP contribution in [0.15, 0.2) is 72.9 Å². The maximum atomic E-state index is 12.8. The molecule has 358 valence electrons. The first-order chi connectivity index (χ1) is 30.6. The first-order valence-electron chi connectivity index (χ1n) is 26.5. The van der Waals surface area contributed by atoms with Crippen LogP contribution in [-0.4, -0.2) is 37.9 Å². The standard InChI is InChI=1S/C57H100O5/c1-4-7-10-13-16-19-22-24-26-28-29-30-31-33-36-38-41-44-47-50-56(58)61-54-55(62-57(59)51-48-45-42-39-35-21-18-15-12-9-6-3)53-60-52-49-46-43-40-37-34-32-27-25-23-20-17-14-11-8-5-2/h8,11,16-17,19-20,24-27,29-30,55H,4-7,9-10,12-15,18,21-23,28,31-54H2,1-3H3/b11-8-,19-16-,20-17-,26-24-,27-25-,30-29-. The second-order valence-electron chi connectivity index (χ2n) is 17.4. The Morgan fingerprint density at radius 2 is 0.726 bits per heavy atom. The van der Waals surface area contributed by atoms with Crippen molar-refractivity contribution in [1.29, 1.82) is 0 Å². The number of esters is 2. The Hall–Kier alpha value is -2.66. The molecule has 0 aliphatic carbocycles. The molecule has 1 atom stereocenters. The van der Waals surface area contributed by atoms with Crippen LogP contribution in [0.5, 0.6) is 0 Å². The average molecular weight is 865 g/mol. The van der Waals surface area contributed by atoms with Crippen LogP contribution in [0.2, 0.25) is 0 Å². The van der Waals surface area contributed by atoms with E-state index in [1.54, 1.807) is 0 Å². The summed E-state index contributed by atoms with van der Waals surface area (Å²) in [4.78, 5) is 25.4. The Labute approximate surface area is 385 Å². The van der Waals surface area contributed by atoms with Gasteiger partial charge in [-0.3, -0.25) is 9.59 Å². The molecular formula is C57H100O5. The maximum absolute atomic E-state index is 12.8. The molecule has 0 aliphatic rings. The fourth-order valence-electron chi connectivity index (χ4n) is 7.30. The van der Waals surface area contributed by atoms with Crippen LogP contribution in [-0.2, 0) is 23.8 Å². The third kappa shape index (κ3) is 50.0. The van der Waals surface area contributed by atoms with Gasteiger partial charge >= 0.3 is 11.9 Å². The SMILES string of the molecule is CC/C=C\C/C=C\C/C=C\CCCCCCCCOCC(COC(=O)CCCCCCCC/C=C\C/C=C\C/C=C\CCCCC)OC(=O)CCCCCCCCCCCCC. The zero-order chi connectivity index (χ0) is 44.9. The Kier molecular flexibility index (Phi) is 50.4. The summed E-state index contributed by atoms with van der Waals surface area (Å²) in [6.07, 6.45) is 67.6. The zero-order valence-electron chi connectivity index (χ0n) is 41.1. The Bertz CT molecular complexity index is 1110. The molecule has 0 amide bonds. The number of hydrogen-bond acceptors (Lipinski definition) is 5. The predicted molar refractivity (Wildman–Crippen MR) is 270 cm³/mol. The highest BCUT2D eigenvalue weighted by molar-refractivity contribution is 5.70. The minimum Gasteiger partial charge on any atom is -0.462 e. The number of ether oxygens (including phenoxy) is 3. The van der Waals surface area contributed by atoms with Crippen LogP contribution in [0.4, 0.5) is 0 Å². The predicted octanol–water partition coefficient (Wildman–Crippen LogP) is 17.9. The van der Waals surface area contributed by atoms with Crippen molar-refractivity contribution < 1.29 is 23.8 Å². The lowest BCUT2D eigenvalue weighted by molar-refractivity contribution is -0.163. The van der Waals surface area contributed by atoms with E-state index in [9.17, 15) is 9.59 Å². The Morgan fingerprint density at radius 1 is 0.371 bits per heavy atom. The molecule has 1 unspecified atom stereocenters. The number of carbonyl (C=O) groups is 2. The van der Waals surface area contributed by atoms with Gasteiger partial charge in [-0.25, -0.2) is 0 Å². The van der Waals surface area contributed by atoms with E-state index in [4.69, 9.17) is 14.2 Å².